The van der Waals surface area contributed by atoms with Crippen molar-refractivity contribution in [1.82, 2.24) is 0 Å². The maximum atomic E-state index is 12.5. The Morgan fingerprint density at radius 2 is 2.00 bits per heavy atom. The van der Waals surface area contributed by atoms with E-state index in [9.17, 15) is 18.0 Å². The van der Waals surface area contributed by atoms with Crippen LogP contribution in [0.15, 0.2) is 18.2 Å². The SMILES string of the molecule is CN(C=O)c1ccc(Cl)cc1C(F)(F)F. The van der Waals surface area contributed by atoms with E-state index in [-0.39, 0.29) is 10.7 Å². The number of anilines is 1. The Kier molecular flexibility index (Phi) is 3.24. The number of hydrogen-bond donors (Lipinski definition) is 0. The molecule has 1 aromatic rings. The quantitative estimate of drug-likeness (QED) is 0.724. The van der Waals surface area contributed by atoms with Crippen molar-refractivity contribution in [2.45, 2.75) is 6.18 Å². The summed E-state index contributed by atoms with van der Waals surface area (Å²) >= 11 is 5.46. The van der Waals surface area contributed by atoms with Gasteiger partial charge in [-0.3, -0.25) is 4.79 Å². The molecule has 0 aromatic heterocycles. The molecule has 0 bridgehead atoms. The van der Waals surface area contributed by atoms with E-state index in [1.54, 1.807) is 0 Å². The zero-order valence-electron chi connectivity index (χ0n) is 7.68. The minimum Gasteiger partial charge on any atom is -0.317 e. The lowest BCUT2D eigenvalue weighted by Crippen LogP contribution is -2.19. The molecule has 0 N–H and O–H groups in total. The lowest BCUT2D eigenvalue weighted by Gasteiger charge is -2.17. The molecule has 0 unspecified atom stereocenters. The minimum atomic E-state index is -4.53. The third kappa shape index (κ3) is 2.62. The molecule has 6 heteroatoms. The van der Waals surface area contributed by atoms with Gasteiger partial charge in [0.15, 0.2) is 0 Å². The van der Waals surface area contributed by atoms with Gasteiger partial charge in [-0.1, -0.05) is 11.6 Å². The molecule has 0 aliphatic carbocycles. The predicted molar refractivity (Wildman–Crippen MR) is 50.9 cm³/mol. The highest BCUT2D eigenvalue weighted by molar-refractivity contribution is 6.30. The summed E-state index contributed by atoms with van der Waals surface area (Å²) in [5, 5.41) is -0.0228. The van der Waals surface area contributed by atoms with Crippen molar-refractivity contribution in [2.24, 2.45) is 0 Å². The molecule has 1 rings (SSSR count). The third-order valence-electron chi connectivity index (χ3n) is 1.80. The number of alkyl halides is 3. The maximum absolute atomic E-state index is 12.5. The number of carbonyl (C=O) groups is 1. The molecule has 0 heterocycles. The van der Waals surface area contributed by atoms with Crippen molar-refractivity contribution in [1.29, 1.82) is 0 Å². The second-order valence-corrected chi connectivity index (χ2v) is 3.31. The average molecular weight is 238 g/mol. The van der Waals surface area contributed by atoms with Gasteiger partial charge in [-0.2, -0.15) is 13.2 Å². The van der Waals surface area contributed by atoms with Crippen LogP contribution in [0.2, 0.25) is 5.02 Å². The fourth-order valence-electron chi connectivity index (χ4n) is 1.10. The van der Waals surface area contributed by atoms with Crippen LogP contribution in [0.4, 0.5) is 18.9 Å². The van der Waals surface area contributed by atoms with Gasteiger partial charge in [0, 0.05) is 12.1 Å². The first-order chi connectivity index (χ1) is 6.86. The number of hydrogen-bond acceptors (Lipinski definition) is 1. The highest BCUT2D eigenvalue weighted by Crippen LogP contribution is 2.37. The monoisotopic (exact) mass is 237 g/mol. The zero-order chi connectivity index (χ0) is 11.6. The smallest absolute Gasteiger partial charge is 0.317 e. The number of rotatable bonds is 2. The van der Waals surface area contributed by atoms with Gasteiger partial charge < -0.3 is 4.90 Å². The van der Waals surface area contributed by atoms with Crippen LogP contribution in [0.5, 0.6) is 0 Å². The van der Waals surface area contributed by atoms with Gasteiger partial charge in [0.1, 0.15) is 0 Å². The molecule has 0 atom stereocenters. The molecule has 0 saturated heterocycles. The number of amides is 1. The van der Waals surface area contributed by atoms with Crippen molar-refractivity contribution >= 4 is 23.7 Å². The molecule has 2 nitrogen and oxygen atoms in total. The average Bonchev–Trinajstić information content (AvgIpc) is 2.15. The number of carbonyl (C=O) groups excluding carboxylic acids is 1. The zero-order valence-corrected chi connectivity index (χ0v) is 8.43. The van der Waals surface area contributed by atoms with Crippen LogP contribution in [-0.2, 0) is 11.0 Å². The molecule has 0 spiro atoms. The fraction of sp³-hybridized carbons (Fsp3) is 0.222. The lowest BCUT2D eigenvalue weighted by molar-refractivity contribution is -0.137. The van der Waals surface area contributed by atoms with Gasteiger partial charge in [0.05, 0.1) is 11.3 Å². The Morgan fingerprint density at radius 3 is 2.47 bits per heavy atom. The number of nitrogens with zero attached hydrogens (tertiary/aromatic N) is 1. The van der Waals surface area contributed by atoms with Gasteiger partial charge >= 0.3 is 6.18 Å². The highest BCUT2D eigenvalue weighted by Gasteiger charge is 2.34. The molecule has 82 valence electrons. The van der Waals surface area contributed by atoms with Crippen LogP contribution in [-0.4, -0.2) is 13.5 Å². The summed E-state index contributed by atoms with van der Waals surface area (Å²) in [7, 11) is 1.24. The molecule has 0 aliphatic heterocycles. The van der Waals surface area contributed by atoms with Crippen molar-refractivity contribution in [3.63, 3.8) is 0 Å². The summed E-state index contributed by atoms with van der Waals surface area (Å²) in [6.45, 7) is 0. The normalized spacial score (nSPS) is 11.3. The van der Waals surface area contributed by atoms with Crippen molar-refractivity contribution in [2.75, 3.05) is 11.9 Å². The standard InChI is InChI=1S/C9H7ClF3NO/c1-14(5-15)8-3-2-6(10)4-7(8)9(11,12)13/h2-5H,1H3. The molecular formula is C9H7ClF3NO. The second kappa shape index (κ2) is 4.10. The molecular weight excluding hydrogens is 231 g/mol. The first-order valence-corrected chi connectivity index (χ1v) is 4.29. The Bertz CT molecular complexity index is 378. The molecule has 0 fully saturated rings. The summed E-state index contributed by atoms with van der Waals surface area (Å²) in [4.78, 5) is 11.2. The van der Waals surface area contributed by atoms with Crippen LogP contribution in [0, 0.1) is 0 Å². The Morgan fingerprint density at radius 1 is 1.40 bits per heavy atom. The lowest BCUT2D eigenvalue weighted by atomic mass is 10.1. The number of benzene rings is 1. The van der Waals surface area contributed by atoms with E-state index in [0.29, 0.717) is 6.41 Å². The first-order valence-electron chi connectivity index (χ1n) is 3.91. The fourth-order valence-corrected chi connectivity index (χ4v) is 1.27. The minimum absolute atomic E-state index is 0.0228. The van der Waals surface area contributed by atoms with Gasteiger partial charge in [-0.15, -0.1) is 0 Å². The van der Waals surface area contributed by atoms with Crippen molar-refractivity contribution in [3.05, 3.63) is 28.8 Å². The predicted octanol–water partition coefficient (Wildman–Crippen LogP) is 2.95. The maximum Gasteiger partial charge on any atom is 0.418 e. The van der Waals surface area contributed by atoms with E-state index in [1.807, 2.05) is 0 Å². The summed E-state index contributed by atoms with van der Waals surface area (Å²) in [5.74, 6) is 0. The van der Waals surface area contributed by atoms with Gasteiger partial charge in [0.2, 0.25) is 6.41 Å². The third-order valence-corrected chi connectivity index (χ3v) is 2.04. The molecule has 15 heavy (non-hydrogen) atoms. The molecule has 0 radical (unpaired) electrons. The van der Waals surface area contributed by atoms with Crippen molar-refractivity contribution < 1.29 is 18.0 Å². The van der Waals surface area contributed by atoms with Crippen LogP contribution >= 0.6 is 11.6 Å². The second-order valence-electron chi connectivity index (χ2n) is 2.88. The largest absolute Gasteiger partial charge is 0.418 e. The van der Waals surface area contributed by atoms with Gasteiger partial charge in [-0.25, -0.2) is 0 Å². The first kappa shape index (κ1) is 11.8. The molecule has 0 aliphatic rings. The van der Waals surface area contributed by atoms with E-state index in [1.165, 1.54) is 13.1 Å². The summed E-state index contributed by atoms with van der Waals surface area (Å²) in [6.07, 6.45) is -4.23. The summed E-state index contributed by atoms with van der Waals surface area (Å²) in [5.41, 5.74) is -1.15. The van der Waals surface area contributed by atoms with Crippen LogP contribution in [0.1, 0.15) is 5.56 Å². The topological polar surface area (TPSA) is 20.3 Å². The van der Waals surface area contributed by atoms with E-state index >= 15 is 0 Å². The summed E-state index contributed by atoms with van der Waals surface area (Å²) < 4.78 is 37.6. The van der Waals surface area contributed by atoms with Gasteiger partial charge in [0.25, 0.3) is 0 Å². The van der Waals surface area contributed by atoms with E-state index < -0.39 is 11.7 Å². The Balaban J connectivity index is 3.33. The van der Waals surface area contributed by atoms with Crippen LogP contribution < -0.4 is 4.90 Å². The Labute approximate surface area is 89.2 Å². The van der Waals surface area contributed by atoms with Crippen LogP contribution in [0.25, 0.3) is 0 Å². The van der Waals surface area contributed by atoms with Crippen molar-refractivity contribution in [3.8, 4) is 0 Å². The van der Waals surface area contributed by atoms with E-state index in [0.717, 1.165) is 17.0 Å². The van der Waals surface area contributed by atoms with E-state index in [2.05, 4.69) is 0 Å². The van der Waals surface area contributed by atoms with Crippen LogP contribution in [0.3, 0.4) is 0 Å². The molecule has 1 aromatic carbocycles. The Hall–Kier alpha value is -1.23. The van der Waals surface area contributed by atoms with E-state index in [4.69, 9.17) is 11.6 Å². The van der Waals surface area contributed by atoms with Gasteiger partial charge in [-0.05, 0) is 18.2 Å². The molecule has 1 amide bonds. The summed E-state index contributed by atoms with van der Waals surface area (Å²) in [6, 6.07) is 3.24. The molecule has 0 saturated carbocycles. The number of halogens is 4. The highest BCUT2D eigenvalue weighted by atomic mass is 35.5.